The van der Waals surface area contributed by atoms with Crippen LogP contribution in [0.1, 0.15) is 46.5 Å². The number of hydrogen-bond acceptors (Lipinski definition) is 2. The monoisotopic (exact) mass is 201 g/mol. The summed E-state index contributed by atoms with van der Waals surface area (Å²) in [6.07, 6.45) is 3.77. The van der Waals surface area contributed by atoms with Crippen molar-refractivity contribution in [2.24, 2.45) is 0 Å². The Hall–Kier alpha value is -0.570. The van der Waals surface area contributed by atoms with E-state index in [2.05, 4.69) is 6.92 Å². The Morgan fingerprint density at radius 2 is 1.93 bits per heavy atom. The summed E-state index contributed by atoms with van der Waals surface area (Å²) in [7, 11) is 1.90. The van der Waals surface area contributed by atoms with Crippen LogP contribution in [-0.4, -0.2) is 35.1 Å². The van der Waals surface area contributed by atoms with Gasteiger partial charge in [-0.15, -0.1) is 0 Å². The van der Waals surface area contributed by atoms with Crippen LogP contribution in [0, 0.1) is 0 Å². The van der Waals surface area contributed by atoms with Crippen LogP contribution in [0.4, 0.5) is 0 Å². The molecule has 84 valence electrons. The molecule has 0 aromatic rings. The smallest absolute Gasteiger partial charge is 0.323 e. The molecule has 0 aliphatic carbocycles. The summed E-state index contributed by atoms with van der Waals surface area (Å²) in [6, 6.07) is 0. The Labute approximate surface area is 87.1 Å². The molecule has 0 spiro atoms. The highest BCUT2D eigenvalue weighted by Crippen LogP contribution is 2.20. The molecule has 1 unspecified atom stereocenters. The van der Waals surface area contributed by atoms with Crippen molar-refractivity contribution >= 4 is 5.97 Å². The first-order valence-corrected chi connectivity index (χ1v) is 5.43. The number of aliphatic carboxylic acids is 1. The molecule has 0 aromatic heterocycles. The van der Waals surface area contributed by atoms with Gasteiger partial charge in [-0.2, -0.15) is 0 Å². The lowest BCUT2D eigenvalue weighted by Gasteiger charge is -2.34. The molecule has 0 rings (SSSR count). The molecule has 0 heterocycles. The maximum absolute atomic E-state index is 11.2. The number of rotatable bonds is 7. The van der Waals surface area contributed by atoms with Crippen LogP contribution >= 0.6 is 0 Å². The number of likely N-dealkylation sites (N-methyl/N-ethyl adjacent to an activating group) is 1. The van der Waals surface area contributed by atoms with Crippen molar-refractivity contribution in [3.63, 3.8) is 0 Å². The van der Waals surface area contributed by atoms with Gasteiger partial charge in [0.2, 0.25) is 0 Å². The molecule has 0 amide bonds. The van der Waals surface area contributed by atoms with E-state index in [0.29, 0.717) is 6.42 Å². The zero-order valence-corrected chi connectivity index (χ0v) is 9.84. The molecule has 0 saturated heterocycles. The Morgan fingerprint density at radius 3 is 2.29 bits per heavy atom. The van der Waals surface area contributed by atoms with E-state index >= 15 is 0 Å². The van der Waals surface area contributed by atoms with Crippen LogP contribution in [0.3, 0.4) is 0 Å². The van der Waals surface area contributed by atoms with Crippen LogP contribution < -0.4 is 0 Å². The fourth-order valence-corrected chi connectivity index (χ4v) is 1.59. The third-order valence-corrected chi connectivity index (χ3v) is 2.89. The van der Waals surface area contributed by atoms with E-state index in [0.717, 1.165) is 25.8 Å². The second-order valence-electron chi connectivity index (χ2n) is 4.10. The first-order chi connectivity index (χ1) is 6.49. The van der Waals surface area contributed by atoms with Gasteiger partial charge in [-0.1, -0.05) is 26.7 Å². The van der Waals surface area contributed by atoms with Crippen molar-refractivity contribution in [3.8, 4) is 0 Å². The van der Waals surface area contributed by atoms with E-state index in [-0.39, 0.29) is 0 Å². The Morgan fingerprint density at radius 1 is 1.36 bits per heavy atom. The number of unbranched alkanes of at least 4 members (excludes halogenated alkanes) is 1. The molecule has 0 bridgehead atoms. The van der Waals surface area contributed by atoms with Crippen molar-refractivity contribution in [3.05, 3.63) is 0 Å². The second kappa shape index (κ2) is 6.02. The normalized spacial score (nSPS) is 15.5. The minimum atomic E-state index is -0.710. The highest BCUT2D eigenvalue weighted by atomic mass is 16.4. The Bertz CT molecular complexity index is 182. The zero-order valence-electron chi connectivity index (χ0n) is 9.84. The Kier molecular flexibility index (Phi) is 5.77. The summed E-state index contributed by atoms with van der Waals surface area (Å²) in [5.74, 6) is -0.710. The van der Waals surface area contributed by atoms with Crippen LogP contribution in [0.15, 0.2) is 0 Å². The van der Waals surface area contributed by atoms with Crippen molar-refractivity contribution in [2.75, 3.05) is 13.6 Å². The molecule has 3 heteroatoms. The topological polar surface area (TPSA) is 40.5 Å². The fraction of sp³-hybridized carbons (Fsp3) is 0.909. The fourth-order valence-electron chi connectivity index (χ4n) is 1.59. The van der Waals surface area contributed by atoms with E-state index in [9.17, 15) is 9.90 Å². The van der Waals surface area contributed by atoms with Gasteiger partial charge < -0.3 is 5.11 Å². The summed E-state index contributed by atoms with van der Waals surface area (Å²) >= 11 is 0. The Balaban J connectivity index is 4.39. The molecule has 0 fully saturated rings. The SMILES string of the molecule is CCCCN(C)C(C)(CCC)C(=O)O. The first kappa shape index (κ1) is 13.4. The summed E-state index contributed by atoms with van der Waals surface area (Å²) in [6.45, 7) is 6.81. The van der Waals surface area contributed by atoms with Gasteiger partial charge in [0.1, 0.15) is 5.54 Å². The zero-order chi connectivity index (χ0) is 11.2. The standard InChI is InChI=1S/C11H23NO2/c1-5-7-9-12(4)11(3,8-6-2)10(13)14/h5-9H2,1-4H3,(H,13,14). The van der Waals surface area contributed by atoms with Gasteiger partial charge in [0.25, 0.3) is 0 Å². The molecule has 0 radical (unpaired) electrons. The molecule has 1 atom stereocenters. The van der Waals surface area contributed by atoms with Crippen LogP contribution in [0.5, 0.6) is 0 Å². The van der Waals surface area contributed by atoms with Gasteiger partial charge in [-0.3, -0.25) is 9.69 Å². The number of carboxylic acid groups (broad SMARTS) is 1. The number of nitrogens with zero attached hydrogens (tertiary/aromatic N) is 1. The molecule has 0 aliphatic heterocycles. The van der Waals surface area contributed by atoms with Crippen molar-refractivity contribution in [2.45, 2.75) is 52.0 Å². The van der Waals surface area contributed by atoms with Gasteiger partial charge in [-0.05, 0) is 33.4 Å². The van der Waals surface area contributed by atoms with Crippen LogP contribution in [0.2, 0.25) is 0 Å². The highest BCUT2D eigenvalue weighted by Gasteiger charge is 2.35. The third kappa shape index (κ3) is 3.29. The van der Waals surface area contributed by atoms with Crippen molar-refractivity contribution in [1.29, 1.82) is 0 Å². The second-order valence-corrected chi connectivity index (χ2v) is 4.10. The lowest BCUT2D eigenvalue weighted by Crippen LogP contribution is -2.50. The molecule has 0 aliphatic rings. The summed E-state index contributed by atoms with van der Waals surface area (Å²) < 4.78 is 0. The molecule has 14 heavy (non-hydrogen) atoms. The van der Waals surface area contributed by atoms with Gasteiger partial charge in [0.15, 0.2) is 0 Å². The summed E-state index contributed by atoms with van der Waals surface area (Å²) in [5.41, 5.74) is -0.691. The van der Waals surface area contributed by atoms with Gasteiger partial charge in [0.05, 0.1) is 0 Å². The largest absolute Gasteiger partial charge is 0.480 e. The maximum Gasteiger partial charge on any atom is 0.323 e. The predicted molar refractivity (Wildman–Crippen MR) is 58.5 cm³/mol. The molecular formula is C11H23NO2. The molecule has 3 nitrogen and oxygen atoms in total. The minimum Gasteiger partial charge on any atom is -0.480 e. The highest BCUT2D eigenvalue weighted by molar-refractivity contribution is 5.78. The average molecular weight is 201 g/mol. The van der Waals surface area contributed by atoms with E-state index in [1.165, 1.54) is 0 Å². The first-order valence-electron chi connectivity index (χ1n) is 5.43. The van der Waals surface area contributed by atoms with E-state index in [1.807, 2.05) is 25.8 Å². The van der Waals surface area contributed by atoms with Crippen molar-refractivity contribution < 1.29 is 9.90 Å². The number of carboxylic acids is 1. The van der Waals surface area contributed by atoms with Crippen LogP contribution in [-0.2, 0) is 4.79 Å². The summed E-state index contributed by atoms with van der Waals surface area (Å²) in [4.78, 5) is 13.1. The minimum absolute atomic E-state index is 0.691. The van der Waals surface area contributed by atoms with Gasteiger partial charge in [-0.25, -0.2) is 0 Å². The van der Waals surface area contributed by atoms with E-state index < -0.39 is 11.5 Å². The van der Waals surface area contributed by atoms with E-state index in [1.54, 1.807) is 0 Å². The number of hydrogen-bond donors (Lipinski definition) is 1. The summed E-state index contributed by atoms with van der Waals surface area (Å²) in [5, 5.41) is 9.19. The average Bonchev–Trinajstić information content (AvgIpc) is 2.14. The molecule has 1 N–H and O–H groups in total. The van der Waals surface area contributed by atoms with Gasteiger partial charge >= 0.3 is 5.97 Å². The quantitative estimate of drug-likeness (QED) is 0.687. The predicted octanol–water partition coefficient (Wildman–Crippen LogP) is 2.36. The van der Waals surface area contributed by atoms with Gasteiger partial charge in [0, 0.05) is 0 Å². The molecular weight excluding hydrogens is 178 g/mol. The maximum atomic E-state index is 11.2. The molecule has 0 aromatic carbocycles. The lowest BCUT2D eigenvalue weighted by molar-refractivity contribution is -0.150. The lowest BCUT2D eigenvalue weighted by atomic mass is 9.94. The number of carbonyl (C=O) groups is 1. The van der Waals surface area contributed by atoms with E-state index in [4.69, 9.17) is 0 Å². The molecule has 0 saturated carbocycles. The third-order valence-electron chi connectivity index (χ3n) is 2.89. The van der Waals surface area contributed by atoms with Crippen molar-refractivity contribution in [1.82, 2.24) is 4.90 Å². The van der Waals surface area contributed by atoms with Crippen LogP contribution in [0.25, 0.3) is 0 Å².